The number of fused-ring (bicyclic) bond motifs is 1. The van der Waals surface area contributed by atoms with E-state index < -0.39 is 5.97 Å². The summed E-state index contributed by atoms with van der Waals surface area (Å²) in [6.07, 6.45) is 5.37. The highest BCUT2D eigenvalue weighted by Crippen LogP contribution is 2.24. The Morgan fingerprint density at radius 3 is 2.39 bits per heavy atom. The van der Waals surface area contributed by atoms with Crippen molar-refractivity contribution < 1.29 is 14.7 Å². The molecule has 2 rings (SSSR count). The van der Waals surface area contributed by atoms with Crippen molar-refractivity contribution in [3.63, 3.8) is 0 Å². The average molecular weight is 318 g/mol. The van der Waals surface area contributed by atoms with E-state index in [4.69, 9.17) is 5.11 Å². The van der Waals surface area contributed by atoms with Crippen LogP contribution in [0.2, 0.25) is 0 Å². The minimum absolute atomic E-state index is 0.0361. The van der Waals surface area contributed by atoms with E-state index in [-0.39, 0.29) is 12.5 Å². The number of carbonyl (C=O) groups is 2. The lowest BCUT2D eigenvalue weighted by Gasteiger charge is -2.28. The van der Waals surface area contributed by atoms with Gasteiger partial charge in [-0.3, -0.25) is 14.5 Å². The van der Waals surface area contributed by atoms with Crippen LogP contribution in [0, 0.1) is 0 Å². The average Bonchev–Trinajstić information content (AvgIpc) is 2.48. The monoisotopic (exact) mass is 318 g/mol. The van der Waals surface area contributed by atoms with Gasteiger partial charge in [0.05, 0.1) is 6.54 Å². The van der Waals surface area contributed by atoms with Crippen molar-refractivity contribution in [2.24, 2.45) is 0 Å². The zero-order valence-electron chi connectivity index (χ0n) is 13.8. The van der Waals surface area contributed by atoms with Gasteiger partial charge in [-0.05, 0) is 31.0 Å². The molecule has 1 aliphatic heterocycles. The molecule has 0 aliphatic carbocycles. The van der Waals surface area contributed by atoms with Crippen LogP contribution in [-0.2, 0) is 16.1 Å². The van der Waals surface area contributed by atoms with Gasteiger partial charge in [-0.1, -0.05) is 37.5 Å². The summed E-state index contributed by atoms with van der Waals surface area (Å²) in [5.41, 5.74) is 1.93. The van der Waals surface area contributed by atoms with E-state index in [1.165, 1.54) is 0 Å². The third-order valence-electron chi connectivity index (χ3n) is 4.27. The van der Waals surface area contributed by atoms with Crippen molar-refractivity contribution in [2.45, 2.75) is 45.6 Å². The molecule has 0 radical (unpaired) electrons. The minimum Gasteiger partial charge on any atom is -0.480 e. The van der Waals surface area contributed by atoms with E-state index in [0.717, 1.165) is 56.4 Å². The number of anilines is 1. The number of nitrogens with zero attached hydrogens (tertiary/aromatic N) is 2. The summed E-state index contributed by atoms with van der Waals surface area (Å²) in [5.74, 6) is -0.766. The lowest BCUT2D eigenvalue weighted by molar-refractivity contribution is -0.138. The van der Waals surface area contributed by atoms with Gasteiger partial charge in [0.15, 0.2) is 0 Å². The molecule has 1 aromatic carbocycles. The van der Waals surface area contributed by atoms with Crippen LogP contribution in [0.15, 0.2) is 24.3 Å². The second-order valence-corrected chi connectivity index (χ2v) is 6.17. The topological polar surface area (TPSA) is 60.9 Å². The molecule has 0 aromatic heterocycles. The largest absolute Gasteiger partial charge is 0.480 e. The molecular weight excluding hydrogens is 292 g/mol. The SMILES string of the molecule is CC(=O)N1CCCCCCCN(CC(=O)O)Cc2ccccc21. The number of benzene rings is 1. The van der Waals surface area contributed by atoms with Crippen LogP contribution in [0.1, 0.15) is 44.6 Å². The molecule has 5 heteroatoms. The standard InChI is InChI=1S/C18H26N2O3/c1-15(21)20-12-8-4-2-3-7-11-19(14-18(22)23)13-16-9-5-6-10-17(16)20/h5-6,9-10H,2-4,7-8,11-14H2,1H3,(H,22,23). The van der Waals surface area contributed by atoms with Crippen molar-refractivity contribution in [3.05, 3.63) is 29.8 Å². The quantitative estimate of drug-likeness (QED) is 0.911. The van der Waals surface area contributed by atoms with E-state index in [1.807, 2.05) is 34.1 Å². The molecule has 0 spiro atoms. The van der Waals surface area contributed by atoms with Crippen LogP contribution in [0.5, 0.6) is 0 Å². The number of carbonyl (C=O) groups excluding carboxylic acids is 1. The van der Waals surface area contributed by atoms with Gasteiger partial charge in [0, 0.05) is 25.7 Å². The second-order valence-electron chi connectivity index (χ2n) is 6.17. The molecule has 1 aliphatic rings. The summed E-state index contributed by atoms with van der Waals surface area (Å²) in [7, 11) is 0. The molecule has 1 amide bonds. The highest BCUT2D eigenvalue weighted by molar-refractivity contribution is 5.92. The molecular formula is C18H26N2O3. The fourth-order valence-electron chi connectivity index (χ4n) is 3.14. The van der Waals surface area contributed by atoms with Crippen LogP contribution in [0.3, 0.4) is 0 Å². The Morgan fingerprint density at radius 2 is 1.70 bits per heavy atom. The van der Waals surface area contributed by atoms with Gasteiger partial charge in [-0.25, -0.2) is 0 Å². The molecule has 5 nitrogen and oxygen atoms in total. The van der Waals surface area contributed by atoms with Gasteiger partial charge < -0.3 is 10.0 Å². The summed E-state index contributed by atoms with van der Waals surface area (Å²) in [4.78, 5) is 27.0. The maximum absolute atomic E-state index is 12.1. The Balaban J connectivity index is 2.29. The molecule has 1 heterocycles. The molecule has 0 unspecified atom stereocenters. The smallest absolute Gasteiger partial charge is 0.317 e. The Kier molecular flexibility index (Phi) is 6.59. The third-order valence-corrected chi connectivity index (χ3v) is 4.27. The molecule has 126 valence electrons. The van der Waals surface area contributed by atoms with E-state index in [0.29, 0.717) is 6.54 Å². The van der Waals surface area contributed by atoms with Crippen LogP contribution in [-0.4, -0.2) is 41.5 Å². The number of rotatable bonds is 2. The maximum atomic E-state index is 12.1. The Bertz CT molecular complexity index is 545. The fraction of sp³-hybridized carbons (Fsp3) is 0.556. The first-order valence-corrected chi connectivity index (χ1v) is 8.38. The third kappa shape index (κ3) is 5.36. The summed E-state index contributed by atoms with van der Waals surface area (Å²) >= 11 is 0. The number of amides is 1. The molecule has 0 atom stereocenters. The van der Waals surface area contributed by atoms with Crippen molar-refractivity contribution in [3.8, 4) is 0 Å². The van der Waals surface area contributed by atoms with E-state index in [2.05, 4.69) is 0 Å². The Morgan fingerprint density at radius 1 is 1.04 bits per heavy atom. The lowest BCUT2D eigenvalue weighted by Crippen LogP contribution is -2.34. The highest BCUT2D eigenvalue weighted by Gasteiger charge is 2.18. The predicted molar refractivity (Wildman–Crippen MR) is 90.5 cm³/mol. The summed E-state index contributed by atoms with van der Waals surface area (Å²) in [6.45, 7) is 3.70. The minimum atomic E-state index is -0.807. The van der Waals surface area contributed by atoms with E-state index in [1.54, 1.807) is 6.92 Å². The first kappa shape index (κ1) is 17.5. The van der Waals surface area contributed by atoms with Gasteiger partial charge in [0.25, 0.3) is 0 Å². The van der Waals surface area contributed by atoms with Gasteiger partial charge in [0.1, 0.15) is 0 Å². The molecule has 23 heavy (non-hydrogen) atoms. The zero-order chi connectivity index (χ0) is 16.7. The molecule has 0 bridgehead atoms. The Labute approximate surface area is 137 Å². The van der Waals surface area contributed by atoms with Crippen molar-refractivity contribution >= 4 is 17.6 Å². The van der Waals surface area contributed by atoms with Crippen LogP contribution >= 0.6 is 0 Å². The predicted octanol–water partition coefficient (Wildman–Crippen LogP) is 2.89. The first-order chi connectivity index (χ1) is 11.1. The molecule has 0 fully saturated rings. The lowest BCUT2D eigenvalue weighted by atomic mass is 10.1. The van der Waals surface area contributed by atoms with Crippen molar-refractivity contribution in [1.29, 1.82) is 0 Å². The van der Waals surface area contributed by atoms with Crippen molar-refractivity contribution in [1.82, 2.24) is 4.90 Å². The summed E-state index contributed by atoms with van der Waals surface area (Å²) < 4.78 is 0. The van der Waals surface area contributed by atoms with Crippen molar-refractivity contribution in [2.75, 3.05) is 24.5 Å². The second kappa shape index (κ2) is 8.67. The number of hydrogen-bond donors (Lipinski definition) is 1. The molecule has 0 saturated carbocycles. The van der Waals surface area contributed by atoms with Crippen LogP contribution < -0.4 is 4.90 Å². The zero-order valence-corrected chi connectivity index (χ0v) is 13.8. The van der Waals surface area contributed by atoms with Gasteiger partial charge in [-0.2, -0.15) is 0 Å². The first-order valence-electron chi connectivity index (χ1n) is 8.38. The van der Waals surface area contributed by atoms with Gasteiger partial charge >= 0.3 is 5.97 Å². The number of carboxylic acid groups (broad SMARTS) is 1. The van der Waals surface area contributed by atoms with Gasteiger partial charge in [0.2, 0.25) is 5.91 Å². The van der Waals surface area contributed by atoms with Crippen LogP contribution in [0.4, 0.5) is 5.69 Å². The number of carboxylic acids is 1. The summed E-state index contributed by atoms with van der Waals surface area (Å²) in [6, 6.07) is 7.83. The highest BCUT2D eigenvalue weighted by atomic mass is 16.4. The van der Waals surface area contributed by atoms with E-state index in [9.17, 15) is 9.59 Å². The van der Waals surface area contributed by atoms with Crippen LogP contribution in [0.25, 0.3) is 0 Å². The molecule has 0 saturated heterocycles. The normalized spacial score (nSPS) is 17.7. The Hall–Kier alpha value is -1.88. The maximum Gasteiger partial charge on any atom is 0.317 e. The number of aliphatic carboxylic acids is 1. The molecule has 1 aromatic rings. The summed E-state index contributed by atoms with van der Waals surface area (Å²) in [5, 5.41) is 9.14. The number of hydrogen-bond acceptors (Lipinski definition) is 3. The molecule has 1 N–H and O–H groups in total. The fourth-order valence-corrected chi connectivity index (χ4v) is 3.14. The number of para-hydroxylation sites is 1. The van der Waals surface area contributed by atoms with E-state index >= 15 is 0 Å². The van der Waals surface area contributed by atoms with Gasteiger partial charge in [-0.15, -0.1) is 0 Å².